The molecule has 0 bridgehead atoms. The van der Waals surface area contributed by atoms with Crippen molar-refractivity contribution in [3.63, 3.8) is 0 Å². The lowest BCUT2D eigenvalue weighted by atomic mass is 10.1. The van der Waals surface area contributed by atoms with E-state index in [2.05, 4.69) is 11.4 Å². The Bertz CT molecular complexity index is 725. The predicted octanol–water partition coefficient (Wildman–Crippen LogP) is 3.99. The second kappa shape index (κ2) is 6.59. The lowest BCUT2D eigenvalue weighted by Gasteiger charge is -2.14. The Morgan fingerprint density at radius 3 is 2.82 bits per heavy atom. The molecule has 0 spiro atoms. The number of hydrogen-bond donors (Lipinski definition) is 1. The van der Waals surface area contributed by atoms with Crippen molar-refractivity contribution in [1.29, 1.82) is 5.26 Å². The summed E-state index contributed by atoms with van der Waals surface area (Å²) in [6.07, 6.45) is 0.866. The van der Waals surface area contributed by atoms with Crippen LogP contribution in [-0.4, -0.2) is 13.2 Å². The lowest BCUT2D eigenvalue weighted by Crippen LogP contribution is -2.05. The molecule has 1 aliphatic rings. The monoisotopic (exact) mass is 314 g/mol. The zero-order valence-electron chi connectivity index (χ0n) is 11.9. The van der Waals surface area contributed by atoms with Gasteiger partial charge < -0.3 is 14.8 Å². The van der Waals surface area contributed by atoms with Crippen molar-refractivity contribution < 1.29 is 9.47 Å². The molecule has 0 saturated carbocycles. The third-order valence-corrected chi connectivity index (χ3v) is 3.76. The van der Waals surface area contributed by atoms with E-state index in [-0.39, 0.29) is 0 Å². The number of rotatable bonds is 3. The van der Waals surface area contributed by atoms with Crippen molar-refractivity contribution in [3.8, 4) is 17.6 Å². The SMILES string of the molecule is N#Cc1cccc(Cl)c1NCc1cccc2c1OCCCO2. The van der Waals surface area contributed by atoms with Gasteiger partial charge in [0.1, 0.15) is 6.07 Å². The number of para-hydroxylation sites is 2. The van der Waals surface area contributed by atoms with Crippen LogP contribution in [0.4, 0.5) is 5.69 Å². The lowest BCUT2D eigenvalue weighted by molar-refractivity contribution is 0.296. The molecule has 0 aliphatic carbocycles. The molecule has 1 heterocycles. The average Bonchev–Trinajstić information content (AvgIpc) is 2.79. The summed E-state index contributed by atoms with van der Waals surface area (Å²) in [6, 6.07) is 13.2. The van der Waals surface area contributed by atoms with Gasteiger partial charge in [-0.25, -0.2) is 0 Å². The zero-order chi connectivity index (χ0) is 15.4. The second-order valence-corrected chi connectivity index (χ2v) is 5.33. The molecule has 1 N–H and O–H groups in total. The van der Waals surface area contributed by atoms with Crippen LogP contribution in [0, 0.1) is 11.3 Å². The highest BCUT2D eigenvalue weighted by atomic mass is 35.5. The van der Waals surface area contributed by atoms with E-state index < -0.39 is 0 Å². The van der Waals surface area contributed by atoms with Gasteiger partial charge in [-0.3, -0.25) is 0 Å². The minimum absolute atomic E-state index is 0.505. The fourth-order valence-corrected chi connectivity index (χ4v) is 2.62. The van der Waals surface area contributed by atoms with Gasteiger partial charge in [0.25, 0.3) is 0 Å². The van der Waals surface area contributed by atoms with Crippen molar-refractivity contribution in [2.75, 3.05) is 18.5 Å². The molecular weight excluding hydrogens is 300 g/mol. The molecule has 2 aromatic carbocycles. The molecule has 0 fully saturated rings. The van der Waals surface area contributed by atoms with Crippen molar-refractivity contribution in [2.45, 2.75) is 13.0 Å². The summed E-state index contributed by atoms with van der Waals surface area (Å²) < 4.78 is 11.5. The summed E-state index contributed by atoms with van der Waals surface area (Å²) in [5.74, 6) is 1.52. The molecule has 0 atom stereocenters. The summed E-state index contributed by atoms with van der Waals surface area (Å²) in [5.41, 5.74) is 2.13. The van der Waals surface area contributed by atoms with E-state index in [4.69, 9.17) is 21.1 Å². The van der Waals surface area contributed by atoms with Gasteiger partial charge in [-0.15, -0.1) is 0 Å². The first-order chi connectivity index (χ1) is 10.8. The Morgan fingerprint density at radius 1 is 1.14 bits per heavy atom. The first kappa shape index (κ1) is 14.6. The third kappa shape index (κ3) is 2.95. The smallest absolute Gasteiger partial charge is 0.166 e. The van der Waals surface area contributed by atoms with Gasteiger partial charge in [0.15, 0.2) is 11.5 Å². The average molecular weight is 315 g/mol. The molecule has 0 unspecified atom stereocenters. The van der Waals surface area contributed by atoms with Gasteiger partial charge in [-0.05, 0) is 18.2 Å². The second-order valence-electron chi connectivity index (χ2n) is 4.92. The molecule has 112 valence electrons. The summed E-state index contributed by atoms with van der Waals surface area (Å²) >= 11 is 6.17. The minimum Gasteiger partial charge on any atom is -0.490 e. The fraction of sp³-hybridized carbons (Fsp3) is 0.235. The molecule has 3 rings (SSSR count). The van der Waals surface area contributed by atoms with Gasteiger partial charge in [0, 0.05) is 18.5 Å². The third-order valence-electron chi connectivity index (χ3n) is 3.44. The number of halogens is 1. The van der Waals surface area contributed by atoms with Gasteiger partial charge in [-0.2, -0.15) is 5.26 Å². The molecule has 0 aromatic heterocycles. The largest absolute Gasteiger partial charge is 0.490 e. The van der Waals surface area contributed by atoms with Crippen molar-refractivity contribution in [2.24, 2.45) is 0 Å². The number of ether oxygens (including phenoxy) is 2. The molecule has 0 amide bonds. The fourth-order valence-electron chi connectivity index (χ4n) is 2.37. The van der Waals surface area contributed by atoms with E-state index in [0.717, 1.165) is 23.5 Å². The van der Waals surface area contributed by atoms with Gasteiger partial charge in [-0.1, -0.05) is 29.8 Å². The molecule has 2 aromatic rings. The number of fused-ring (bicyclic) bond motifs is 1. The maximum Gasteiger partial charge on any atom is 0.166 e. The van der Waals surface area contributed by atoms with Crippen LogP contribution < -0.4 is 14.8 Å². The number of nitrogens with one attached hydrogen (secondary N) is 1. The van der Waals surface area contributed by atoms with E-state index in [1.54, 1.807) is 18.2 Å². The Hall–Kier alpha value is -2.38. The molecule has 0 radical (unpaired) electrons. The number of nitriles is 1. The van der Waals surface area contributed by atoms with E-state index >= 15 is 0 Å². The van der Waals surface area contributed by atoms with Crippen LogP contribution in [0.5, 0.6) is 11.5 Å². The molecule has 4 nitrogen and oxygen atoms in total. The highest BCUT2D eigenvalue weighted by molar-refractivity contribution is 6.33. The minimum atomic E-state index is 0.505. The molecule has 5 heteroatoms. The maximum atomic E-state index is 9.18. The number of benzene rings is 2. The Labute approximate surface area is 134 Å². The summed E-state index contributed by atoms with van der Waals surface area (Å²) in [7, 11) is 0. The van der Waals surface area contributed by atoms with Crippen LogP contribution in [0.3, 0.4) is 0 Å². The van der Waals surface area contributed by atoms with E-state index in [1.807, 2.05) is 18.2 Å². The van der Waals surface area contributed by atoms with Crippen LogP contribution in [0.1, 0.15) is 17.5 Å². The van der Waals surface area contributed by atoms with Crippen molar-refractivity contribution >= 4 is 17.3 Å². The molecular formula is C17H15ClN2O2. The first-order valence-electron chi connectivity index (χ1n) is 7.09. The van der Waals surface area contributed by atoms with Crippen LogP contribution in [0.2, 0.25) is 5.02 Å². The van der Waals surface area contributed by atoms with Crippen LogP contribution in [0.25, 0.3) is 0 Å². The maximum absolute atomic E-state index is 9.18. The summed E-state index contributed by atoms with van der Waals surface area (Å²) in [4.78, 5) is 0. The highest BCUT2D eigenvalue weighted by Crippen LogP contribution is 2.34. The topological polar surface area (TPSA) is 54.3 Å². The Balaban J connectivity index is 1.85. The number of anilines is 1. The van der Waals surface area contributed by atoms with Gasteiger partial charge >= 0.3 is 0 Å². The summed E-state index contributed by atoms with van der Waals surface area (Å²) in [6.45, 7) is 1.80. The molecule has 0 saturated heterocycles. The zero-order valence-corrected chi connectivity index (χ0v) is 12.7. The standard InChI is InChI=1S/C17H15ClN2O2/c18-14-6-1-4-12(10-19)16(14)20-11-13-5-2-7-15-17(13)22-9-3-8-21-15/h1-2,4-7,20H,3,8-9,11H2. The van der Waals surface area contributed by atoms with E-state index in [9.17, 15) is 5.26 Å². The number of hydrogen-bond acceptors (Lipinski definition) is 4. The van der Waals surface area contributed by atoms with E-state index in [0.29, 0.717) is 36.0 Å². The number of nitrogens with zero attached hydrogens (tertiary/aromatic N) is 1. The summed E-state index contributed by atoms with van der Waals surface area (Å²) in [5, 5.41) is 12.9. The quantitative estimate of drug-likeness (QED) is 0.931. The predicted molar refractivity (Wildman–Crippen MR) is 85.5 cm³/mol. The highest BCUT2D eigenvalue weighted by Gasteiger charge is 2.15. The van der Waals surface area contributed by atoms with Gasteiger partial charge in [0.05, 0.1) is 29.5 Å². The van der Waals surface area contributed by atoms with Crippen LogP contribution in [0.15, 0.2) is 36.4 Å². The van der Waals surface area contributed by atoms with Crippen LogP contribution in [-0.2, 0) is 6.54 Å². The molecule has 1 aliphatic heterocycles. The normalized spacial score (nSPS) is 13.1. The Morgan fingerprint density at radius 2 is 1.95 bits per heavy atom. The first-order valence-corrected chi connectivity index (χ1v) is 7.47. The Kier molecular flexibility index (Phi) is 4.36. The van der Waals surface area contributed by atoms with Crippen molar-refractivity contribution in [1.82, 2.24) is 0 Å². The van der Waals surface area contributed by atoms with Gasteiger partial charge in [0.2, 0.25) is 0 Å². The van der Waals surface area contributed by atoms with Crippen LogP contribution >= 0.6 is 11.6 Å². The molecule has 22 heavy (non-hydrogen) atoms. The van der Waals surface area contributed by atoms with E-state index in [1.165, 1.54) is 0 Å². The van der Waals surface area contributed by atoms with Crippen molar-refractivity contribution in [3.05, 3.63) is 52.5 Å².